The third-order valence-electron chi connectivity index (χ3n) is 3.31. The van der Waals surface area contributed by atoms with Gasteiger partial charge in [-0.15, -0.1) is 0 Å². The Labute approximate surface area is 110 Å². The monoisotopic (exact) mass is 257 g/mol. The molecule has 1 aliphatic rings. The highest BCUT2D eigenvalue weighted by atomic mass is 16.2. The van der Waals surface area contributed by atoms with Crippen LogP contribution in [0.1, 0.15) is 23.3 Å². The number of amides is 2. The fraction of sp³-hybridized carbons (Fsp3) is 0.286. The molecule has 0 unspecified atom stereocenters. The minimum Gasteiger partial charge on any atom is -0.354 e. The smallest absolute Gasteiger partial charge is 0.267 e. The molecule has 1 saturated carbocycles. The summed E-state index contributed by atoms with van der Waals surface area (Å²) >= 11 is 0. The van der Waals surface area contributed by atoms with Crippen molar-refractivity contribution in [3.05, 3.63) is 30.0 Å². The predicted octanol–water partition coefficient (Wildman–Crippen LogP) is 1.88. The normalized spacial score (nSPS) is 14.4. The van der Waals surface area contributed by atoms with Gasteiger partial charge in [0.2, 0.25) is 5.91 Å². The van der Waals surface area contributed by atoms with Gasteiger partial charge in [-0.1, -0.05) is 0 Å². The van der Waals surface area contributed by atoms with Gasteiger partial charge in [0, 0.05) is 29.6 Å². The highest BCUT2D eigenvalue weighted by molar-refractivity contribution is 6.00. The maximum atomic E-state index is 11.7. The van der Waals surface area contributed by atoms with E-state index in [0.29, 0.717) is 5.69 Å². The number of aromatic amines is 1. The van der Waals surface area contributed by atoms with E-state index in [0.717, 1.165) is 29.4 Å². The lowest BCUT2D eigenvalue weighted by molar-refractivity contribution is -0.117. The average Bonchev–Trinajstić information content (AvgIpc) is 3.17. The highest BCUT2D eigenvalue weighted by Gasteiger charge is 2.29. The first kappa shape index (κ1) is 11.8. The Morgan fingerprint density at radius 2 is 2.05 bits per heavy atom. The van der Waals surface area contributed by atoms with E-state index in [1.54, 1.807) is 13.1 Å². The molecule has 0 saturated heterocycles. The fourth-order valence-corrected chi connectivity index (χ4v) is 2.06. The van der Waals surface area contributed by atoms with Crippen molar-refractivity contribution in [1.29, 1.82) is 0 Å². The van der Waals surface area contributed by atoms with Crippen LogP contribution in [0.3, 0.4) is 0 Å². The molecule has 3 rings (SSSR count). The largest absolute Gasteiger partial charge is 0.354 e. The second kappa shape index (κ2) is 4.42. The number of anilines is 1. The molecule has 0 atom stereocenters. The minimum atomic E-state index is -0.153. The molecular weight excluding hydrogens is 242 g/mol. The standard InChI is InChI=1S/C14H15N3O2/c1-15-14(19)12-7-9-6-10(4-5-11(9)17-12)16-13(18)8-2-3-8/h4-8,17H,2-3H2,1H3,(H,15,19)(H,16,18). The lowest BCUT2D eigenvalue weighted by Gasteiger charge is -2.03. The van der Waals surface area contributed by atoms with Crippen LogP contribution in [0.2, 0.25) is 0 Å². The lowest BCUT2D eigenvalue weighted by Crippen LogP contribution is -2.17. The molecule has 1 aromatic heterocycles. The van der Waals surface area contributed by atoms with Crippen LogP contribution in [-0.2, 0) is 4.79 Å². The first-order valence-corrected chi connectivity index (χ1v) is 6.33. The number of hydrogen-bond donors (Lipinski definition) is 3. The van der Waals surface area contributed by atoms with E-state index in [9.17, 15) is 9.59 Å². The first-order chi connectivity index (χ1) is 9.17. The number of rotatable bonds is 3. The topological polar surface area (TPSA) is 74.0 Å². The third-order valence-corrected chi connectivity index (χ3v) is 3.31. The first-order valence-electron chi connectivity index (χ1n) is 6.33. The maximum absolute atomic E-state index is 11.7. The number of carbonyl (C=O) groups is 2. The SMILES string of the molecule is CNC(=O)c1cc2cc(NC(=O)C3CC3)ccc2[nH]1. The van der Waals surface area contributed by atoms with Gasteiger partial charge >= 0.3 is 0 Å². The minimum absolute atomic E-state index is 0.0846. The van der Waals surface area contributed by atoms with E-state index in [-0.39, 0.29) is 17.7 Å². The molecule has 1 heterocycles. The Bertz CT molecular complexity index is 656. The highest BCUT2D eigenvalue weighted by Crippen LogP contribution is 2.30. The Hall–Kier alpha value is -2.30. The number of carbonyl (C=O) groups excluding carboxylic acids is 2. The van der Waals surface area contributed by atoms with Crippen molar-refractivity contribution in [3.8, 4) is 0 Å². The van der Waals surface area contributed by atoms with Gasteiger partial charge in [0.25, 0.3) is 5.91 Å². The molecule has 0 bridgehead atoms. The Kier molecular flexibility index (Phi) is 2.74. The second-order valence-electron chi connectivity index (χ2n) is 4.83. The van der Waals surface area contributed by atoms with E-state index in [4.69, 9.17) is 0 Å². The zero-order chi connectivity index (χ0) is 13.4. The Balaban J connectivity index is 1.87. The molecular formula is C14H15N3O2. The van der Waals surface area contributed by atoms with Crippen LogP contribution < -0.4 is 10.6 Å². The molecule has 0 radical (unpaired) electrons. The molecule has 2 amide bonds. The zero-order valence-electron chi connectivity index (χ0n) is 10.6. The fourth-order valence-electron chi connectivity index (χ4n) is 2.06. The van der Waals surface area contributed by atoms with Crippen molar-refractivity contribution < 1.29 is 9.59 Å². The number of nitrogens with one attached hydrogen (secondary N) is 3. The Morgan fingerprint density at radius 3 is 2.74 bits per heavy atom. The average molecular weight is 257 g/mol. The van der Waals surface area contributed by atoms with Crippen LogP contribution >= 0.6 is 0 Å². The lowest BCUT2D eigenvalue weighted by atomic mass is 10.2. The summed E-state index contributed by atoms with van der Waals surface area (Å²) in [7, 11) is 1.59. The van der Waals surface area contributed by atoms with Gasteiger partial charge in [0.1, 0.15) is 5.69 Å². The third kappa shape index (κ3) is 2.31. The van der Waals surface area contributed by atoms with E-state index >= 15 is 0 Å². The van der Waals surface area contributed by atoms with Gasteiger partial charge in [-0.2, -0.15) is 0 Å². The molecule has 5 heteroatoms. The van der Waals surface area contributed by atoms with Crippen molar-refractivity contribution >= 4 is 28.4 Å². The van der Waals surface area contributed by atoms with Gasteiger partial charge in [-0.05, 0) is 37.1 Å². The Morgan fingerprint density at radius 1 is 1.26 bits per heavy atom. The number of hydrogen-bond acceptors (Lipinski definition) is 2. The van der Waals surface area contributed by atoms with Crippen LogP contribution in [-0.4, -0.2) is 23.8 Å². The van der Waals surface area contributed by atoms with Crippen molar-refractivity contribution in [2.75, 3.05) is 12.4 Å². The van der Waals surface area contributed by atoms with Crippen LogP contribution in [0.4, 0.5) is 5.69 Å². The van der Waals surface area contributed by atoms with E-state index in [1.165, 1.54) is 0 Å². The summed E-state index contributed by atoms with van der Waals surface area (Å²) in [5, 5.41) is 6.38. The number of fused-ring (bicyclic) bond motifs is 1. The summed E-state index contributed by atoms with van der Waals surface area (Å²) in [6.07, 6.45) is 1.97. The molecule has 1 fully saturated rings. The van der Waals surface area contributed by atoms with Crippen LogP contribution in [0.15, 0.2) is 24.3 Å². The van der Waals surface area contributed by atoms with Gasteiger partial charge < -0.3 is 15.6 Å². The molecule has 5 nitrogen and oxygen atoms in total. The summed E-state index contributed by atoms with van der Waals surface area (Å²) < 4.78 is 0. The molecule has 3 N–H and O–H groups in total. The predicted molar refractivity (Wildman–Crippen MR) is 73.0 cm³/mol. The van der Waals surface area contributed by atoms with E-state index in [1.807, 2.05) is 18.2 Å². The molecule has 19 heavy (non-hydrogen) atoms. The van der Waals surface area contributed by atoms with Gasteiger partial charge in [-0.3, -0.25) is 9.59 Å². The summed E-state index contributed by atoms with van der Waals surface area (Å²) in [6.45, 7) is 0. The van der Waals surface area contributed by atoms with Crippen molar-refractivity contribution in [2.45, 2.75) is 12.8 Å². The van der Waals surface area contributed by atoms with Crippen LogP contribution in [0.5, 0.6) is 0 Å². The number of aromatic nitrogens is 1. The van der Waals surface area contributed by atoms with Gasteiger partial charge in [0.05, 0.1) is 0 Å². The molecule has 1 aromatic carbocycles. The number of H-pyrrole nitrogens is 1. The second-order valence-corrected chi connectivity index (χ2v) is 4.83. The van der Waals surface area contributed by atoms with Crippen molar-refractivity contribution in [1.82, 2.24) is 10.3 Å². The molecule has 0 spiro atoms. The molecule has 2 aromatic rings. The van der Waals surface area contributed by atoms with Gasteiger partial charge in [0.15, 0.2) is 0 Å². The quantitative estimate of drug-likeness (QED) is 0.785. The summed E-state index contributed by atoms with van der Waals surface area (Å²) in [6, 6.07) is 7.36. The molecule has 98 valence electrons. The van der Waals surface area contributed by atoms with Gasteiger partial charge in [-0.25, -0.2) is 0 Å². The molecule has 1 aliphatic carbocycles. The zero-order valence-corrected chi connectivity index (χ0v) is 10.6. The van der Waals surface area contributed by atoms with Crippen LogP contribution in [0.25, 0.3) is 10.9 Å². The summed E-state index contributed by atoms with van der Waals surface area (Å²) in [5.41, 5.74) is 2.16. The summed E-state index contributed by atoms with van der Waals surface area (Å²) in [5.74, 6) is 0.115. The van der Waals surface area contributed by atoms with Crippen molar-refractivity contribution in [3.63, 3.8) is 0 Å². The van der Waals surface area contributed by atoms with E-state index in [2.05, 4.69) is 15.6 Å². The number of benzene rings is 1. The van der Waals surface area contributed by atoms with Crippen LogP contribution in [0, 0.1) is 5.92 Å². The maximum Gasteiger partial charge on any atom is 0.267 e. The molecule has 0 aliphatic heterocycles. The van der Waals surface area contributed by atoms with E-state index < -0.39 is 0 Å². The summed E-state index contributed by atoms with van der Waals surface area (Å²) in [4.78, 5) is 26.3. The van der Waals surface area contributed by atoms with Crippen molar-refractivity contribution in [2.24, 2.45) is 5.92 Å².